The maximum Gasteiger partial charge on any atom is 0.233 e. The average molecular weight is 413 g/mol. The van der Waals surface area contributed by atoms with Gasteiger partial charge in [0.25, 0.3) is 0 Å². The molecule has 4 atom stereocenters. The third-order valence-corrected chi connectivity index (χ3v) is 6.41. The molecular formula is C22H32N6O2. The van der Waals surface area contributed by atoms with Gasteiger partial charge in [-0.25, -0.2) is 0 Å². The van der Waals surface area contributed by atoms with Gasteiger partial charge in [0.15, 0.2) is 5.96 Å². The quantitative estimate of drug-likeness (QED) is 0.208. The van der Waals surface area contributed by atoms with Gasteiger partial charge in [0.05, 0.1) is 18.0 Å². The van der Waals surface area contributed by atoms with Crippen LogP contribution in [0.4, 0.5) is 0 Å². The molecule has 30 heavy (non-hydrogen) atoms. The van der Waals surface area contributed by atoms with Crippen LogP contribution in [0.2, 0.25) is 0 Å². The van der Waals surface area contributed by atoms with Gasteiger partial charge in [-0.05, 0) is 50.0 Å². The third kappa shape index (κ3) is 4.13. The first-order valence-corrected chi connectivity index (χ1v) is 11.1. The van der Waals surface area contributed by atoms with Gasteiger partial charge in [0, 0.05) is 39.4 Å². The predicted molar refractivity (Wildman–Crippen MR) is 115 cm³/mol. The van der Waals surface area contributed by atoms with Crippen LogP contribution in [0.15, 0.2) is 29.5 Å². The normalized spacial score (nSPS) is 27.3. The molecule has 1 aromatic heterocycles. The van der Waals surface area contributed by atoms with Crippen molar-refractivity contribution >= 4 is 17.8 Å². The smallest absolute Gasteiger partial charge is 0.233 e. The first-order valence-electron chi connectivity index (χ1n) is 11.1. The number of likely N-dealkylation sites (tertiary alicyclic amines) is 1. The number of guanidine groups is 1. The SMILES string of the molecule is CCNC(=NCCCN1C(=O)C2C3C=CC(C3)C2C1=O)NCCCc1cnn(C)c1. The molecule has 0 spiro atoms. The van der Waals surface area contributed by atoms with Crippen molar-refractivity contribution in [1.29, 1.82) is 0 Å². The lowest BCUT2D eigenvalue weighted by Crippen LogP contribution is -2.38. The molecule has 1 aromatic rings. The van der Waals surface area contributed by atoms with Crippen LogP contribution < -0.4 is 10.6 Å². The van der Waals surface area contributed by atoms with Crippen molar-refractivity contribution in [3.8, 4) is 0 Å². The molecule has 1 saturated carbocycles. The zero-order valence-electron chi connectivity index (χ0n) is 17.9. The molecule has 2 bridgehead atoms. The summed E-state index contributed by atoms with van der Waals surface area (Å²) < 4.78 is 1.82. The number of fused-ring (bicyclic) bond motifs is 5. The average Bonchev–Trinajstić information content (AvgIpc) is 3.49. The van der Waals surface area contributed by atoms with E-state index < -0.39 is 0 Å². The van der Waals surface area contributed by atoms with Gasteiger partial charge in [-0.2, -0.15) is 5.10 Å². The molecule has 2 N–H and O–H groups in total. The summed E-state index contributed by atoms with van der Waals surface area (Å²) >= 11 is 0. The maximum atomic E-state index is 12.7. The van der Waals surface area contributed by atoms with Gasteiger partial charge in [-0.15, -0.1) is 0 Å². The molecule has 162 valence electrons. The first kappa shape index (κ1) is 20.6. The molecule has 0 aromatic carbocycles. The Morgan fingerprint density at radius 1 is 1.17 bits per heavy atom. The Bertz CT molecular complexity index is 814. The molecule has 2 heterocycles. The number of rotatable bonds is 9. The van der Waals surface area contributed by atoms with E-state index in [1.807, 2.05) is 31.0 Å². The van der Waals surface area contributed by atoms with E-state index >= 15 is 0 Å². The molecule has 2 fully saturated rings. The van der Waals surface area contributed by atoms with E-state index in [2.05, 4.69) is 32.9 Å². The first-order chi connectivity index (χ1) is 14.6. The monoisotopic (exact) mass is 412 g/mol. The molecule has 2 amide bonds. The van der Waals surface area contributed by atoms with Crippen LogP contribution >= 0.6 is 0 Å². The molecule has 4 rings (SSSR count). The Balaban J connectivity index is 1.20. The molecular weight excluding hydrogens is 380 g/mol. The Hall–Kier alpha value is -2.64. The van der Waals surface area contributed by atoms with Gasteiger partial charge in [-0.1, -0.05) is 12.2 Å². The zero-order valence-corrected chi connectivity index (χ0v) is 17.9. The minimum absolute atomic E-state index is 0.0336. The molecule has 1 saturated heterocycles. The molecule has 1 aliphatic heterocycles. The minimum atomic E-state index is -0.102. The summed E-state index contributed by atoms with van der Waals surface area (Å²) in [5, 5.41) is 10.8. The van der Waals surface area contributed by atoms with E-state index in [0.29, 0.717) is 19.5 Å². The number of imide groups is 1. The predicted octanol–water partition coefficient (Wildman–Crippen LogP) is 1.11. The number of hydrogen-bond donors (Lipinski definition) is 2. The maximum absolute atomic E-state index is 12.7. The zero-order chi connectivity index (χ0) is 21.1. The molecule has 3 aliphatic rings. The highest BCUT2D eigenvalue weighted by molar-refractivity contribution is 6.06. The lowest BCUT2D eigenvalue weighted by Gasteiger charge is -2.17. The van der Waals surface area contributed by atoms with Gasteiger partial charge in [0.2, 0.25) is 11.8 Å². The summed E-state index contributed by atoms with van der Waals surface area (Å²) in [5.74, 6) is 1.19. The summed E-state index contributed by atoms with van der Waals surface area (Å²) in [5.41, 5.74) is 1.23. The van der Waals surface area contributed by atoms with E-state index in [-0.39, 0.29) is 35.5 Å². The highest BCUT2D eigenvalue weighted by Gasteiger charge is 2.58. The van der Waals surface area contributed by atoms with Crippen molar-refractivity contribution in [3.05, 3.63) is 30.1 Å². The largest absolute Gasteiger partial charge is 0.357 e. The molecule has 8 nitrogen and oxygen atoms in total. The number of nitrogens with one attached hydrogen (secondary N) is 2. The second-order valence-corrected chi connectivity index (χ2v) is 8.49. The fraction of sp³-hybridized carbons (Fsp3) is 0.636. The van der Waals surface area contributed by atoms with E-state index in [1.54, 1.807) is 0 Å². The van der Waals surface area contributed by atoms with Crippen LogP contribution in [0.3, 0.4) is 0 Å². The Labute approximate surface area is 177 Å². The highest BCUT2D eigenvalue weighted by Crippen LogP contribution is 2.52. The lowest BCUT2D eigenvalue weighted by atomic mass is 9.85. The van der Waals surface area contributed by atoms with Crippen LogP contribution in [-0.4, -0.2) is 58.6 Å². The van der Waals surface area contributed by atoms with Crippen molar-refractivity contribution in [2.24, 2.45) is 35.7 Å². The summed E-state index contributed by atoms with van der Waals surface area (Å²) in [6.07, 6.45) is 11.8. The van der Waals surface area contributed by atoms with E-state index in [9.17, 15) is 9.59 Å². The molecule has 0 radical (unpaired) electrons. The van der Waals surface area contributed by atoms with Gasteiger partial charge < -0.3 is 10.6 Å². The number of amides is 2. The standard InChI is InChI=1S/C22H32N6O2/c1-3-23-22(24-9-4-6-15-13-26-27(2)14-15)25-10-5-11-28-20(29)18-16-7-8-17(12-16)19(18)21(28)30/h7-8,13-14,16-19H,3-6,9-12H2,1-2H3,(H2,23,24,25). The summed E-state index contributed by atoms with van der Waals surface area (Å²) in [6.45, 7) is 4.69. The van der Waals surface area contributed by atoms with Crippen LogP contribution in [0.25, 0.3) is 0 Å². The van der Waals surface area contributed by atoms with E-state index in [0.717, 1.165) is 38.3 Å². The topological polar surface area (TPSA) is 91.6 Å². The van der Waals surface area contributed by atoms with Gasteiger partial charge in [0.1, 0.15) is 0 Å². The van der Waals surface area contributed by atoms with Gasteiger partial charge >= 0.3 is 0 Å². The summed E-state index contributed by atoms with van der Waals surface area (Å²) in [7, 11) is 1.93. The number of hydrogen-bond acceptors (Lipinski definition) is 4. The molecule has 4 unspecified atom stereocenters. The fourth-order valence-electron chi connectivity index (χ4n) is 5.05. The number of aryl methyl sites for hydroxylation is 2. The van der Waals surface area contributed by atoms with Crippen molar-refractivity contribution in [1.82, 2.24) is 25.3 Å². The number of aliphatic imine (C=N–C) groups is 1. The van der Waals surface area contributed by atoms with Crippen molar-refractivity contribution in [2.75, 3.05) is 26.2 Å². The van der Waals surface area contributed by atoms with Crippen molar-refractivity contribution in [2.45, 2.75) is 32.6 Å². The number of nitrogens with zero attached hydrogens (tertiary/aromatic N) is 4. The summed E-state index contributed by atoms with van der Waals surface area (Å²) in [6, 6.07) is 0. The van der Waals surface area contributed by atoms with Crippen LogP contribution in [-0.2, 0) is 23.1 Å². The molecule has 8 heteroatoms. The number of aromatic nitrogens is 2. The second kappa shape index (κ2) is 9.02. The Morgan fingerprint density at radius 3 is 2.53 bits per heavy atom. The third-order valence-electron chi connectivity index (χ3n) is 6.41. The second-order valence-electron chi connectivity index (χ2n) is 8.49. The fourth-order valence-corrected chi connectivity index (χ4v) is 5.05. The van der Waals surface area contributed by atoms with E-state index in [4.69, 9.17) is 0 Å². The minimum Gasteiger partial charge on any atom is -0.357 e. The van der Waals surface area contributed by atoms with Crippen LogP contribution in [0.1, 0.15) is 31.7 Å². The van der Waals surface area contributed by atoms with E-state index in [1.165, 1.54) is 10.5 Å². The van der Waals surface area contributed by atoms with Crippen molar-refractivity contribution < 1.29 is 9.59 Å². The number of allylic oxidation sites excluding steroid dienone is 2. The number of carbonyl (C=O) groups excluding carboxylic acids is 2. The van der Waals surface area contributed by atoms with Crippen LogP contribution in [0, 0.1) is 23.7 Å². The lowest BCUT2D eigenvalue weighted by molar-refractivity contribution is -0.140. The van der Waals surface area contributed by atoms with Gasteiger partial charge in [-0.3, -0.25) is 24.2 Å². The molecule has 2 aliphatic carbocycles. The summed E-state index contributed by atoms with van der Waals surface area (Å²) in [4.78, 5) is 31.5. The van der Waals surface area contributed by atoms with Crippen LogP contribution in [0.5, 0.6) is 0 Å². The number of carbonyl (C=O) groups is 2. The Morgan fingerprint density at radius 2 is 1.90 bits per heavy atom. The van der Waals surface area contributed by atoms with Crippen molar-refractivity contribution in [3.63, 3.8) is 0 Å². The Kier molecular flexibility index (Phi) is 6.20. The highest BCUT2D eigenvalue weighted by atomic mass is 16.2.